The molecule has 0 saturated carbocycles. The van der Waals surface area contributed by atoms with Crippen molar-refractivity contribution in [1.29, 1.82) is 0 Å². The van der Waals surface area contributed by atoms with Crippen LogP contribution in [0.25, 0.3) is 0 Å². The average Bonchev–Trinajstić information content (AvgIpc) is 2.90. The van der Waals surface area contributed by atoms with E-state index in [0.29, 0.717) is 16.9 Å². The number of likely N-dealkylation sites (tertiary alicyclic amines) is 2. The molecule has 2 atom stereocenters. The number of rotatable bonds is 7. The van der Waals surface area contributed by atoms with E-state index in [1.54, 1.807) is 0 Å². The lowest BCUT2D eigenvalue weighted by Crippen LogP contribution is -2.48. The molecule has 2 saturated heterocycles. The van der Waals surface area contributed by atoms with Gasteiger partial charge in [0.2, 0.25) is 0 Å². The van der Waals surface area contributed by atoms with Crippen molar-refractivity contribution in [2.75, 3.05) is 32.8 Å². The number of aliphatic hydroxyl groups is 1. The molecule has 0 amide bonds. The summed E-state index contributed by atoms with van der Waals surface area (Å²) >= 11 is 0. The highest BCUT2D eigenvalue weighted by atomic mass is 16.3. The molecule has 3 nitrogen and oxygen atoms in total. The summed E-state index contributed by atoms with van der Waals surface area (Å²) in [4.78, 5) is 5.20. The summed E-state index contributed by atoms with van der Waals surface area (Å²) in [6.45, 7) is 21.7. The molecular formula is C21H42N2O. The summed E-state index contributed by atoms with van der Waals surface area (Å²) in [6, 6.07) is 0. The molecule has 0 aromatic carbocycles. The Kier molecular flexibility index (Phi) is 6.10. The van der Waals surface area contributed by atoms with Crippen molar-refractivity contribution in [3.05, 3.63) is 0 Å². The number of nitrogens with zero attached hydrogens (tertiary/aromatic N) is 2. The van der Waals surface area contributed by atoms with Crippen molar-refractivity contribution in [3.8, 4) is 0 Å². The topological polar surface area (TPSA) is 26.7 Å². The Labute approximate surface area is 150 Å². The maximum Gasteiger partial charge on any atom is 0.0558 e. The van der Waals surface area contributed by atoms with Crippen molar-refractivity contribution >= 4 is 0 Å². The van der Waals surface area contributed by atoms with Gasteiger partial charge in [-0.25, -0.2) is 0 Å². The molecular weight excluding hydrogens is 296 g/mol. The van der Waals surface area contributed by atoms with Crippen LogP contribution in [0.5, 0.6) is 0 Å². The molecule has 1 N–H and O–H groups in total. The summed E-state index contributed by atoms with van der Waals surface area (Å²) in [7, 11) is 0. The van der Waals surface area contributed by atoms with Gasteiger partial charge in [-0.1, -0.05) is 20.8 Å². The molecule has 142 valence electrons. The first kappa shape index (κ1) is 20.2. The Hall–Kier alpha value is -0.120. The molecule has 0 aliphatic carbocycles. The maximum absolute atomic E-state index is 9.33. The quantitative estimate of drug-likeness (QED) is 0.760. The fourth-order valence-electron chi connectivity index (χ4n) is 5.62. The van der Waals surface area contributed by atoms with Gasteiger partial charge in [0.1, 0.15) is 0 Å². The fraction of sp³-hybridized carbons (Fsp3) is 1.00. The Morgan fingerprint density at radius 1 is 0.958 bits per heavy atom. The van der Waals surface area contributed by atoms with Crippen LogP contribution < -0.4 is 0 Å². The molecule has 2 heterocycles. The summed E-state index contributed by atoms with van der Waals surface area (Å²) in [5.41, 5.74) is 0.936. The second kappa shape index (κ2) is 7.25. The van der Waals surface area contributed by atoms with Crippen LogP contribution in [0.15, 0.2) is 0 Å². The Bertz CT molecular complexity index is 416. The first-order valence-corrected chi connectivity index (χ1v) is 10.1. The van der Waals surface area contributed by atoms with Gasteiger partial charge in [-0.15, -0.1) is 0 Å². The van der Waals surface area contributed by atoms with E-state index in [1.165, 1.54) is 38.8 Å². The monoisotopic (exact) mass is 338 g/mol. The minimum atomic E-state index is 0.202. The molecule has 1 unspecified atom stereocenters. The molecule has 0 radical (unpaired) electrons. The van der Waals surface area contributed by atoms with Gasteiger partial charge < -0.3 is 5.11 Å². The zero-order chi connectivity index (χ0) is 18.2. The van der Waals surface area contributed by atoms with E-state index in [-0.39, 0.29) is 12.1 Å². The van der Waals surface area contributed by atoms with Gasteiger partial charge >= 0.3 is 0 Å². The SMILES string of the molecule is C[C@H]1CCN(CCCC(C)(C)C2CCN(CCO)C2(C)C)C1(C)C. The van der Waals surface area contributed by atoms with Crippen molar-refractivity contribution in [1.82, 2.24) is 9.80 Å². The Balaban J connectivity index is 1.90. The average molecular weight is 339 g/mol. The predicted molar refractivity (Wildman–Crippen MR) is 103 cm³/mol. The minimum Gasteiger partial charge on any atom is -0.395 e. The molecule has 0 aromatic heterocycles. The van der Waals surface area contributed by atoms with Gasteiger partial charge in [-0.05, 0) is 90.3 Å². The van der Waals surface area contributed by atoms with E-state index in [0.717, 1.165) is 19.0 Å². The summed E-state index contributed by atoms with van der Waals surface area (Å²) in [5.74, 6) is 1.52. The molecule has 3 heteroatoms. The highest BCUT2D eigenvalue weighted by molar-refractivity contribution is 5.01. The zero-order valence-corrected chi connectivity index (χ0v) is 17.4. The van der Waals surface area contributed by atoms with Crippen LogP contribution in [-0.4, -0.2) is 58.8 Å². The molecule has 0 aromatic rings. The van der Waals surface area contributed by atoms with Crippen LogP contribution in [0.2, 0.25) is 0 Å². The molecule has 2 aliphatic heterocycles. The maximum atomic E-state index is 9.33. The lowest BCUT2D eigenvalue weighted by Gasteiger charge is -2.44. The number of hydrogen-bond donors (Lipinski definition) is 1. The standard InChI is InChI=1S/C21H42N2O/c1-17-9-13-22(20(17,4)5)12-8-11-19(2,3)18-10-14-23(15-16-24)21(18,6)7/h17-18,24H,8-16H2,1-7H3/t17-,18?/m0/s1. The van der Waals surface area contributed by atoms with Crippen molar-refractivity contribution in [2.45, 2.75) is 85.2 Å². The van der Waals surface area contributed by atoms with Gasteiger partial charge in [0, 0.05) is 17.6 Å². The summed E-state index contributed by atoms with van der Waals surface area (Å²) < 4.78 is 0. The second-order valence-electron chi connectivity index (χ2n) is 10.1. The number of β-amino-alcohol motifs (C(OH)–C–C–N with tert-alkyl or cyclic N) is 1. The summed E-state index contributed by atoms with van der Waals surface area (Å²) in [5, 5.41) is 9.33. The molecule has 2 fully saturated rings. The second-order valence-corrected chi connectivity index (χ2v) is 10.1. The van der Waals surface area contributed by atoms with E-state index in [2.05, 4.69) is 58.3 Å². The highest BCUT2D eigenvalue weighted by Crippen LogP contribution is 2.47. The Morgan fingerprint density at radius 3 is 2.08 bits per heavy atom. The van der Waals surface area contributed by atoms with Crippen LogP contribution in [0, 0.1) is 17.3 Å². The van der Waals surface area contributed by atoms with Gasteiger partial charge in [-0.3, -0.25) is 9.80 Å². The highest BCUT2D eigenvalue weighted by Gasteiger charge is 2.47. The largest absolute Gasteiger partial charge is 0.395 e. The first-order chi connectivity index (χ1) is 11.0. The third-order valence-electron chi connectivity index (χ3n) is 7.77. The van der Waals surface area contributed by atoms with Gasteiger partial charge in [-0.2, -0.15) is 0 Å². The molecule has 2 aliphatic rings. The fourth-order valence-corrected chi connectivity index (χ4v) is 5.62. The van der Waals surface area contributed by atoms with E-state index >= 15 is 0 Å². The normalized spacial score (nSPS) is 31.0. The third kappa shape index (κ3) is 3.83. The van der Waals surface area contributed by atoms with Crippen LogP contribution in [0.1, 0.15) is 74.1 Å². The van der Waals surface area contributed by atoms with Crippen LogP contribution >= 0.6 is 0 Å². The minimum absolute atomic E-state index is 0.202. The van der Waals surface area contributed by atoms with E-state index < -0.39 is 0 Å². The van der Waals surface area contributed by atoms with E-state index in [1.807, 2.05) is 0 Å². The molecule has 2 rings (SSSR count). The van der Waals surface area contributed by atoms with Crippen LogP contribution in [-0.2, 0) is 0 Å². The number of aliphatic hydroxyl groups excluding tert-OH is 1. The van der Waals surface area contributed by atoms with Crippen LogP contribution in [0.3, 0.4) is 0 Å². The first-order valence-electron chi connectivity index (χ1n) is 10.1. The van der Waals surface area contributed by atoms with E-state index in [4.69, 9.17) is 0 Å². The van der Waals surface area contributed by atoms with Crippen LogP contribution in [0.4, 0.5) is 0 Å². The van der Waals surface area contributed by atoms with Gasteiger partial charge in [0.15, 0.2) is 0 Å². The van der Waals surface area contributed by atoms with Crippen molar-refractivity contribution in [3.63, 3.8) is 0 Å². The number of hydrogen-bond acceptors (Lipinski definition) is 3. The van der Waals surface area contributed by atoms with E-state index in [9.17, 15) is 5.11 Å². The lowest BCUT2D eigenvalue weighted by atomic mass is 9.67. The zero-order valence-electron chi connectivity index (χ0n) is 17.4. The smallest absolute Gasteiger partial charge is 0.0558 e. The molecule has 24 heavy (non-hydrogen) atoms. The lowest BCUT2D eigenvalue weighted by molar-refractivity contribution is 0.0493. The summed E-state index contributed by atoms with van der Waals surface area (Å²) in [6.07, 6.45) is 5.22. The molecule has 0 spiro atoms. The Morgan fingerprint density at radius 2 is 1.54 bits per heavy atom. The predicted octanol–water partition coefficient (Wildman–Crippen LogP) is 4.01. The van der Waals surface area contributed by atoms with Gasteiger partial charge in [0.25, 0.3) is 0 Å². The van der Waals surface area contributed by atoms with Crippen molar-refractivity contribution < 1.29 is 5.11 Å². The van der Waals surface area contributed by atoms with Gasteiger partial charge in [0.05, 0.1) is 6.61 Å². The third-order valence-corrected chi connectivity index (χ3v) is 7.77. The van der Waals surface area contributed by atoms with Crippen molar-refractivity contribution in [2.24, 2.45) is 17.3 Å². The molecule has 0 bridgehead atoms.